The number of nitrogens with zero attached hydrogens (tertiary/aromatic N) is 1. The minimum atomic E-state index is 0.189. The van der Waals surface area contributed by atoms with Crippen molar-refractivity contribution < 1.29 is 0 Å². The average molecular weight is 762 g/mol. The van der Waals surface area contributed by atoms with Gasteiger partial charge in [0.2, 0.25) is 0 Å². The summed E-state index contributed by atoms with van der Waals surface area (Å²) in [5, 5.41) is 7.79. The Morgan fingerprint density at radius 1 is 0.593 bits per heavy atom. The summed E-state index contributed by atoms with van der Waals surface area (Å²) < 4.78 is 0. The van der Waals surface area contributed by atoms with Crippen molar-refractivity contribution in [2.75, 3.05) is 4.90 Å². The molecule has 0 aliphatic heterocycles. The van der Waals surface area contributed by atoms with Crippen molar-refractivity contribution in [3.8, 4) is 0 Å². The third-order valence-electron chi connectivity index (χ3n) is 10.6. The Hall–Kier alpha value is -7.22. The molecule has 0 fully saturated rings. The molecule has 1 atom stereocenters. The van der Waals surface area contributed by atoms with Gasteiger partial charge < -0.3 is 4.90 Å². The third kappa shape index (κ3) is 10.6. The minimum absolute atomic E-state index is 0.189. The van der Waals surface area contributed by atoms with Gasteiger partial charge in [-0.15, -0.1) is 0 Å². The van der Waals surface area contributed by atoms with Gasteiger partial charge >= 0.3 is 0 Å². The number of hydrogen-bond acceptors (Lipinski definition) is 1. The van der Waals surface area contributed by atoms with E-state index in [1.54, 1.807) is 6.08 Å². The lowest BCUT2D eigenvalue weighted by molar-refractivity contribution is 0.871. The van der Waals surface area contributed by atoms with E-state index in [2.05, 4.69) is 250 Å². The van der Waals surface area contributed by atoms with Crippen LogP contribution in [0.25, 0.3) is 44.0 Å². The zero-order valence-corrected chi connectivity index (χ0v) is 33.9. The molecule has 8 rings (SSSR count). The predicted octanol–water partition coefficient (Wildman–Crippen LogP) is 15.9. The molecule has 0 radical (unpaired) electrons. The Morgan fingerprint density at radius 3 is 1.93 bits per heavy atom. The van der Waals surface area contributed by atoms with Crippen molar-refractivity contribution in [3.05, 3.63) is 272 Å². The van der Waals surface area contributed by atoms with Crippen LogP contribution in [-0.2, 0) is 6.42 Å². The van der Waals surface area contributed by atoms with Gasteiger partial charge in [0.05, 0.1) is 0 Å². The maximum Gasteiger partial charge on any atom is 0.0451 e. The topological polar surface area (TPSA) is 3.24 Å². The Labute approximate surface area is 350 Å². The monoisotopic (exact) mass is 761 g/mol. The molecule has 0 aliphatic rings. The van der Waals surface area contributed by atoms with Gasteiger partial charge in [0, 0.05) is 23.5 Å². The van der Waals surface area contributed by atoms with E-state index < -0.39 is 0 Å². The van der Waals surface area contributed by atoms with Crippen LogP contribution in [0.5, 0.6) is 0 Å². The second kappa shape index (κ2) is 20.3. The van der Waals surface area contributed by atoms with Crippen molar-refractivity contribution in [3.63, 3.8) is 0 Å². The molecule has 0 saturated heterocycles. The summed E-state index contributed by atoms with van der Waals surface area (Å²) in [6, 6.07) is 66.3. The van der Waals surface area contributed by atoms with E-state index in [4.69, 9.17) is 0 Å². The number of hydrogen-bond donors (Lipinski definition) is 0. The maximum atomic E-state index is 4.45. The van der Waals surface area contributed by atoms with E-state index in [0.717, 1.165) is 29.8 Å². The highest BCUT2D eigenvalue weighted by atomic mass is 15.1. The lowest BCUT2D eigenvalue weighted by atomic mass is 9.89. The molecule has 1 unspecified atom stereocenters. The molecule has 8 aromatic carbocycles. The molecule has 1 heteroatoms. The van der Waals surface area contributed by atoms with E-state index in [1.807, 2.05) is 6.08 Å². The molecular weight excluding hydrogens is 711 g/mol. The Bertz CT molecular complexity index is 2750. The lowest BCUT2D eigenvalue weighted by Crippen LogP contribution is -2.13. The first-order chi connectivity index (χ1) is 29.1. The van der Waals surface area contributed by atoms with Crippen molar-refractivity contribution >= 4 is 49.7 Å². The fraction of sp³-hybridized carbons (Fsp3) is 0.0690. The highest BCUT2D eigenvalue weighted by Gasteiger charge is 2.13. The molecule has 8 aromatic rings. The molecule has 0 heterocycles. The van der Waals surface area contributed by atoms with Crippen LogP contribution in [-0.4, -0.2) is 0 Å². The molecule has 0 amide bonds. The standard InChI is InChI=1S/C44H39N.C14H12/c1-34(36-19-6-3-7-20-36)32-38(37-21-8-4-9-22-37)30-31-45(41-25-10-5-11-26-41)35(2)18-12-13-23-39-33-40-24-14-15-27-42(40)44-29-17-16-28-43(39)44;1-2-3-6-12-9-10-13-7-4-5-8-14(13)11-12/h3-22,24-31,33,38H,1,23,32H2,2H3;2-11H,1H2/b13-12-,31-30+,35-18+;6-3-. The fourth-order valence-corrected chi connectivity index (χ4v) is 7.51. The Balaban J connectivity index is 0.000000317. The van der Waals surface area contributed by atoms with Gasteiger partial charge in [-0.2, -0.15) is 0 Å². The van der Waals surface area contributed by atoms with E-state index in [-0.39, 0.29) is 5.92 Å². The normalized spacial score (nSPS) is 12.3. The van der Waals surface area contributed by atoms with Crippen LogP contribution in [0, 0.1) is 0 Å². The highest BCUT2D eigenvalue weighted by Crippen LogP contribution is 2.32. The molecule has 0 saturated carbocycles. The lowest BCUT2D eigenvalue weighted by Gasteiger charge is -2.23. The summed E-state index contributed by atoms with van der Waals surface area (Å²) in [6.45, 7) is 10.3. The number of para-hydroxylation sites is 1. The average Bonchev–Trinajstić information content (AvgIpc) is 3.30. The summed E-state index contributed by atoms with van der Waals surface area (Å²) in [6.07, 6.45) is 18.7. The zero-order valence-electron chi connectivity index (χ0n) is 33.9. The second-order valence-corrected chi connectivity index (χ2v) is 14.7. The van der Waals surface area contributed by atoms with Crippen molar-refractivity contribution in [1.82, 2.24) is 0 Å². The van der Waals surface area contributed by atoms with Crippen LogP contribution >= 0.6 is 0 Å². The van der Waals surface area contributed by atoms with Crippen LogP contribution < -0.4 is 4.90 Å². The van der Waals surface area contributed by atoms with E-state index in [1.165, 1.54) is 54.6 Å². The van der Waals surface area contributed by atoms with Gasteiger partial charge in [0.1, 0.15) is 0 Å². The minimum Gasteiger partial charge on any atom is -0.322 e. The van der Waals surface area contributed by atoms with Gasteiger partial charge in [0.25, 0.3) is 0 Å². The highest BCUT2D eigenvalue weighted by molar-refractivity contribution is 6.09. The Morgan fingerprint density at radius 2 is 1.20 bits per heavy atom. The maximum absolute atomic E-state index is 4.45. The van der Waals surface area contributed by atoms with Crippen LogP contribution in [0.1, 0.15) is 41.5 Å². The molecule has 0 aliphatic carbocycles. The quantitative estimate of drug-likeness (QED) is 0.0835. The number of rotatable bonds is 13. The summed E-state index contributed by atoms with van der Waals surface area (Å²) in [5.41, 5.74) is 8.43. The molecule has 0 spiro atoms. The van der Waals surface area contributed by atoms with E-state index >= 15 is 0 Å². The van der Waals surface area contributed by atoms with Gasteiger partial charge in [-0.3, -0.25) is 0 Å². The first kappa shape index (κ1) is 40.0. The fourth-order valence-electron chi connectivity index (χ4n) is 7.51. The summed E-state index contributed by atoms with van der Waals surface area (Å²) >= 11 is 0. The number of benzene rings is 8. The van der Waals surface area contributed by atoms with Crippen LogP contribution in [0.3, 0.4) is 0 Å². The van der Waals surface area contributed by atoms with E-state index in [9.17, 15) is 0 Å². The first-order valence-corrected chi connectivity index (χ1v) is 20.4. The van der Waals surface area contributed by atoms with Gasteiger partial charge in [-0.05, 0) is 104 Å². The number of allylic oxidation sites excluding steroid dienone is 8. The van der Waals surface area contributed by atoms with Crippen molar-refractivity contribution in [1.29, 1.82) is 0 Å². The van der Waals surface area contributed by atoms with Gasteiger partial charge in [0.15, 0.2) is 0 Å². The molecule has 59 heavy (non-hydrogen) atoms. The molecular formula is C58H51N. The number of anilines is 1. The van der Waals surface area contributed by atoms with Crippen LogP contribution in [0.4, 0.5) is 5.69 Å². The van der Waals surface area contributed by atoms with Crippen LogP contribution in [0.2, 0.25) is 0 Å². The molecule has 0 N–H and O–H groups in total. The molecule has 1 nitrogen and oxygen atoms in total. The smallest absolute Gasteiger partial charge is 0.0451 e. The predicted molar refractivity (Wildman–Crippen MR) is 259 cm³/mol. The summed E-state index contributed by atoms with van der Waals surface area (Å²) in [7, 11) is 0. The first-order valence-electron chi connectivity index (χ1n) is 20.4. The zero-order chi connectivity index (χ0) is 40.7. The molecule has 0 aromatic heterocycles. The summed E-state index contributed by atoms with van der Waals surface area (Å²) in [4.78, 5) is 2.27. The van der Waals surface area contributed by atoms with Gasteiger partial charge in [-0.1, -0.05) is 219 Å². The van der Waals surface area contributed by atoms with Gasteiger partial charge in [-0.25, -0.2) is 0 Å². The summed E-state index contributed by atoms with van der Waals surface area (Å²) in [5.74, 6) is 0.189. The van der Waals surface area contributed by atoms with E-state index in [0.29, 0.717) is 0 Å². The van der Waals surface area contributed by atoms with Crippen molar-refractivity contribution in [2.24, 2.45) is 0 Å². The number of fused-ring (bicyclic) bond motifs is 4. The SMILES string of the molecule is C=C(CC(/C=C/N(/C(C)=C/C=C\Cc1cc2ccccc2c2ccccc12)c1ccccc1)c1ccccc1)c1ccccc1.C=C/C=C\c1ccc2ccccc2c1. The van der Waals surface area contributed by atoms with Crippen molar-refractivity contribution in [2.45, 2.75) is 25.7 Å². The second-order valence-electron chi connectivity index (χ2n) is 14.7. The van der Waals surface area contributed by atoms with Crippen LogP contribution in [0.15, 0.2) is 250 Å². The molecule has 288 valence electrons. The largest absolute Gasteiger partial charge is 0.322 e. The Kier molecular flexibility index (Phi) is 13.7. The molecule has 0 bridgehead atoms. The third-order valence-corrected chi connectivity index (χ3v) is 10.6.